The summed E-state index contributed by atoms with van der Waals surface area (Å²) in [6.07, 6.45) is 4.85. The number of halogens is 2. The Morgan fingerprint density at radius 2 is 1.85 bits per heavy atom. The van der Waals surface area contributed by atoms with Crippen LogP contribution in [-0.2, 0) is 27.5 Å². The Morgan fingerprint density at radius 3 is 2.59 bits per heavy atom. The number of furan rings is 1. The van der Waals surface area contributed by atoms with Crippen molar-refractivity contribution in [2.24, 2.45) is 0 Å². The molecule has 2 aromatic carbocycles. The van der Waals surface area contributed by atoms with E-state index in [-0.39, 0.29) is 23.9 Å². The number of carbonyl (C=O) groups excluding carboxylic acids is 4. The number of carbonyl (C=O) groups is 4. The van der Waals surface area contributed by atoms with Crippen LogP contribution >= 0.6 is 27.7 Å². The Balaban J connectivity index is 1.33. The molecule has 0 bridgehead atoms. The number of anilines is 1. The maximum absolute atomic E-state index is 13.1. The molecule has 2 N–H and O–H groups in total. The predicted molar refractivity (Wildman–Crippen MR) is 148 cm³/mol. The molecule has 12 heteroatoms. The first-order valence-electron chi connectivity index (χ1n) is 11.6. The molecule has 1 saturated heterocycles. The van der Waals surface area contributed by atoms with E-state index in [1.54, 1.807) is 29.0 Å². The summed E-state index contributed by atoms with van der Waals surface area (Å²) in [6, 6.07) is 14.2. The Bertz CT molecular complexity index is 1620. The van der Waals surface area contributed by atoms with E-state index in [1.165, 1.54) is 30.5 Å². The summed E-state index contributed by atoms with van der Waals surface area (Å²) in [5, 5.41) is 5.53. The Labute approximate surface area is 234 Å². The number of benzene rings is 2. The molecule has 0 spiro atoms. The molecule has 1 aliphatic heterocycles. The number of fused-ring (bicyclic) bond motifs is 1. The molecule has 0 saturated carbocycles. The molecule has 9 nitrogen and oxygen atoms in total. The van der Waals surface area contributed by atoms with Crippen molar-refractivity contribution in [1.29, 1.82) is 0 Å². The molecule has 2 aromatic heterocycles. The van der Waals surface area contributed by atoms with E-state index >= 15 is 0 Å². The summed E-state index contributed by atoms with van der Waals surface area (Å²) in [6.45, 7) is -0.203. The molecule has 3 heterocycles. The molecule has 0 aliphatic carbocycles. The molecule has 4 aromatic rings. The van der Waals surface area contributed by atoms with Crippen molar-refractivity contribution >= 4 is 73.3 Å². The van der Waals surface area contributed by atoms with Gasteiger partial charge in [0.1, 0.15) is 24.7 Å². The van der Waals surface area contributed by atoms with Gasteiger partial charge in [0.05, 0.1) is 17.7 Å². The van der Waals surface area contributed by atoms with Crippen LogP contribution in [0.2, 0.25) is 0 Å². The van der Waals surface area contributed by atoms with Crippen LogP contribution < -0.4 is 10.6 Å². The molecule has 4 amide bonds. The van der Waals surface area contributed by atoms with E-state index in [2.05, 4.69) is 26.6 Å². The van der Waals surface area contributed by atoms with Gasteiger partial charge in [0, 0.05) is 32.8 Å². The van der Waals surface area contributed by atoms with Crippen LogP contribution in [0.15, 0.2) is 80.9 Å². The van der Waals surface area contributed by atoms with Crippen molar-refractivity contribution in [2.75, 3.05) is 11.9 Å². The Kier molecular flexibility index (Phi) is 7.66. The zero-order valence-corrected chi connectivity index (χ0v) is 22.6. The lowest BCUT2D eigenvalue weighted by Gasteiger charge is -2.12. The van der Waals surface area contributed by atoms with E-state index in [9.17, 15) is 23.6 Å². The molecule has 0 radical (unpaired) electrons. The van der Waals surface area contributed by atoms with Gasteiger partial charge in [-0.2, -0.15) is 0 Å². The van der Waals surface area contributed by atoms with Crippen LogP contribution in [0.3, 0.4) is 0 Å². The number of hydrogen-bond acceptors (Lipinski definition) is 6. The highest BCUT2D eigenvalue weighted by Gasteiger charge is 2.36. The van der Waals surface area contributed by atoms with Gasteiger partial charge in [0.15, 0.2) is 0 Å². The number of aromatic nitrogens is 1. The van der Waals surface area contributed by atoms with E-state index < -0.39 is 29.4 Å². The van der Waals surface area contributed by atoms with Crippen molar-refractivity contribution in [3.05, 3.63) is 93.6 Å². The highest BCUT2D eigenvalue weighted by molar-refractivity contribution is 9.10. The zero-order valence-electron chi connectivity index (χ0n) is 20.1. The third-order valence-corrected chi connectivity index (χ3v) is 7.22. The lowest BCUT2D eigenvalue weighted by molar-refractivity contribution is -0.127. The summed E-state index contributed by atoms with van der Waals surface area (Å²) >= 11 is 4.18. The van der Waals surface area contributed by atoms with Crippen molar-refractivity contribution in [2.45, 2.75) is 13.1 Å². The molecule has 198 valence electrons. The van der Waals surface area contributed by atoms with Gasteiger partial charge >= 0.3 is 0 Å². The molecular weight excluding hydrogens is 591 g/mol. The second-order valence-corrected chi connectivity index (χ2v) is 10.5. The lowest BCUT2D eigenvalue weighted by Crippen LogP contribution is -2.36. The minimum absolute atomic E-state index is 0.0255. The highest BCUT2D eigenvalue weighted by Crippen LogP contribution is 2.34. The quantitative estimate of drug-likeness (QED) is 0.267. The average molecular weight is 611 g/mol. The predicted octanol–water partition coefficient (Wildman–Crippen LogP) is 5.13. The van der Waals surface area contributed by atoms with Crippen molar-refractivity contribution < 1.29 is 28.0 Å². The van der Waals surface area contributed by atoms with E-state index in [0.717, 1.165) is 32.0 Å². The molecule has 0 atom stereocenters. The minimum Gasteiger partial charge on any atom is -0.467 e. The fourth-order valence-corrected chi connectivity index (χ4v) is 5.20. The zero-order chi connectivity index (χ0) is 27.5. The molecule has 39 heavy (non-hydrogen) atoms. The van der Waals surface area contributed by atoms with Crippen LogP contribution in [0.25, 0.3) is 17.0 Å². The van der Waals surface area contributed by atoms with Gasteiger partial charge in [-0.15, -0.1) is 0 Å². The molecule has 0 unspecified atom stereocenters. The van der Waals surface area contributed by atoms with E-state index in [0.29, 0.717) is 17.0 Å². The smallest absolute Gasteiger partial charge is 0.294 e. The minimum atomic E-state index is -0.605. The number of thioether (sulfide) groups is 1. The second kappa shape index (κ2) is 11.3. The summed E-state index contributed by atoms with van der Waals surface area (Å²) in [5.41, 5.74) is 1.73. The monoisotopic (exact) mass is 610 g/mol. The maximum atomic E-state index is 13.1. The largest absolute Gasteiger partial charge is 0.467 e. The standard InChI is InChI=1S/C27H20BrFN4O5S/c28-17-3-8-22-21(11-17)16(13-32(22)14-24(34)30-12-20-2-1-9-38-20)10-23-26(36)33(27(37)39-23)15-25(35)31-19-6-4-18(29)5-7-19/h1-11,13H,12,14-15H2,(H,30,34)(H,31,35)/b23-10-. The number of rotatable bonds is 8. The second-order valence-electron chi connectivity index (χ2n) is 8.55. The van der Waals surface area contributed by atoms with Crippen LogP contribution in [-0.4, -0.2) is 39.0 Å². The first kappa shape index (κ1) is 26.4. The van der Waals surface area contributed by atoms with Crippen LogP contribution in [0.4, 0.5) is 14.9 Å². The molecule has 1 fully saturated rings. The van der Waals surface area contributed by atoms with Crippen LogP contribution in [0.1, 0.15) is 11.3 Å². The van der Waals surface area contributed by atoms with Gasteiger partial charge in [-0.1, -0.05) is 15.9 Å². The van der Waals surface area contributed by atoms with Crippen molar-refractivity contribution in [3.8, 4) is 0 Å². The SMILES string of the molecule is O=C(Cn1cc(/C=C2\SC(=O)N(CC(=O)Nc3ccc(F)cc3)C2=O)c2cc(Br)ccc21)NCc1ccco1. The molecular formula is C27H20BrFN4O5S. The normalized spacial score (nSPS) is 14.4. The average Bonchev–Trinajstić information content (AvgIpc) is 3.60. The number of hydrogen-bond donors (Lipinski definition) is 2. The topological polar surface area (TPSA) is 114 Å². The fraction of sp³-hybridized carbons (Fsp3) is 0.111. The van der Waals surface area contributed by atoms with Gasteiger partial charge in [0.2, 0.25) is 11.8 Å². The van der Waals surface area contributed by atoms with Gasteiger partial charge in [-0.3, -0.25) is 24.1 Å². The van der Waals surface area contributed by atoms with Crippen LogP contribution in [0, 0.1) is 5.82 Å². The van der Waals surface area contributed by atoms with Gasteiger partial charge in [-0.05, 0) is 72.4 Å². The van der Waals surface area contributed by atoms with Crippen LogP contribution in [0.5, 0.6) is 0 Å². The maximum Gasteiger partial charge on any atom is 0.294 e. The number of amides is 4. The fourth-order valence-electron chi connectivity index (χ4n) is 4.01. The van der Waals surface area contributed by atoms with Gasteiger partial charge in [-0.25, -0.2) is 4.39 Å². The first-order chi connectivity index (χ1) is 18.8. The van der Waals surface area contributed by atoms with E-state index in [4.69, 9.17) is 4.42 Å². The number of nitrogens with one attached hydrogen (secondary N) is 2. The summed E-state index contributed by atoms with van der Waals surface area (Å²) in [5.74, 6) is -1.25. The Hall–Kier alpha value is -4.16. The summed E-state index contributed by atoms with van der Waals surface area (Å²) < 4.78 is 20.9. The van der Waals surface area contributed by atoms with Gasteiger partial charge < -0.3 is 19.6 Å². The van der Waals surface area contributed by atoms with Crippen molar-refractivity contribution in [3.63, 3.8) is 0 Å². The van der Waals surface area contributed by atoms with E-state index in [1.807, 2.05) is 18.2 Å². The number of imide groups is 1. The third kappa shape index (κ3) is 6.13. The number of nitrogens with zero attached hydrogens (tertiary/aromatic N) is 2. The first-order valence-corrected chi connectivity index (χ1v) is 13.3. The Morgan fingerprint density at radius 1 is 1.05 bits per heavy atom. The lowest BCUT2D eigenvalue weighted by atomic mass is 10.1. The highest BCUT2D eigenvalue weighted by atomic mass is 79.9. The molecule has 1 aliphatic rings. The summed E-state index contributed by atoms with van der Waals surface area (Å²) in [4.78, 5) is 51.6. The van der Waals surface area contributed by atoms with Crippen molar-refractivity contribution in [1.82, 2.24) is 14.8 Å². The molecule has 5 rings (SSSR count). The third-order valence-electron chi connectivity index (χ3n) is 5.82. The van der Waals surface area contributed by atoms with Gasteiger partial charge in [0.25, 0.3) is 11.1 Å². The summed E-state index contributed by atoms with van der Waals surface area (Å²) in [7, 11) is 0.